The molecule has 184 valence electrons. The number of hydrogen-bond acceptors (Lipinski definition) is 6. The summed E-state index contributed by atoms with van der Waals surface area (Å²) in [4.78, 5) is 42.5. The lowest BCUT2D eigenvalue weighted by atomic mass is 10.1. The van der Waals surface area contributed by atoms with Gasteiger partial charge >= 0.3 is 0 Å². The highest BCUT2D eigenvalue weighted by molar-refractivity contribution is 7.14. The molecule has 0 saturated carbocycles. The summed E-state index contributed by atoms with van der Waals surface area (Å²) < 4.78 is 5.36. The van der Waals surface area contributed by atoms with E-state index in [1.807, 2.05) is 13.0 Å². The van der Waals surface area contributed by atoms with Crippen LogP contribution in [0.25, 0.3) is 10.9 Å². The molecule has 0 spiro atoms. The Balaban J connectivity index is 1.22. The number of amides is 3. The summed E-state index contributed by atoms with van der Waals surface area (Å²) >= 11 is 1.51. The predicted molar refractivity (Wildman–Crippen MR) is 132 cm³/mol. The zero-order valence-corrected chi connectivity index (χ0v) is 20.5. The quantitative estimate of drug-likeness (QED) is 0.486. The van der Waals surface area contributed by atoms with Gasteiger partial charge in [-0.1, -0.05) is 6.92 Å². The number of nitrogens with one attached hydrogen (secondary N) is 3. The van der Waals surface area contributed by atoms with Gasteiger partial charge in [0.2, 0.25) is 5.91 Å². The van der Waals surface area contributed by atoms with E-state index in [4.69, 9.17) is 4.74 Å². The summed E-state index contributed by atoms with van der Waals surface area (Å²) in [6.45, 7) is 4.26. The Labute approximate surface area is 207 Å². The zero-order valence-electron chi connectivity index (χ0n) is 19.6. The summed E-state index contributed by atoms with van der Waals surface area (Å²) in [5.41, 5.74) is 2.35. The number of carbonyl (C=O) groups excluding carboxylic acids is 3. The predicted octanol–water partition coefficient (Wildman–Crippen LogP) is 2.63. The van der Waals surface area contributed by atoms with Crippen LogP contribution in [0.3, 0.4) is 0 Å². The van der Waals surface area contributed by atoms with Gasteiger partial charge in [0, 0.05) is 48.2 Å². The molecule has 3 amide bonds. The van der Waals surface area contributed by atoms with E-state index in [0.717, 1.165) is 34.2 Å². The van der Waals surface area contributed by atoms with Gasteiger partial charge in [-0.3, -0.25) is 19.5 Å². The molecule has 0 unspecified atom stereocenters. The van der Waals surface area contributed by atoms with Gasteiger partial charge in [-0.25, -0.2) is 0 Å². The molecule has 0 aliphatic carbocycles. The summed E-state index contributed by atoms with van der Waals surface area (Å²) in [5.74, 6) is -0.439. The molecule has 2 aliphatic heterocycles. The monoisotopic (exact) mass is 495 g/mol. The first-order chi connectivity index (χ1) is 17.0. The maximum Gasteiger partial charge on any atom is 0.261 e. The molecule has 1 fully saturated rings. The topological polar surface area (TPSA) is 116 Å². The molecule has 0 radical (unpaired) electrons. The van der Waals surface area contributed by atoms with Crippen LogP contribution in [0.4, 0.5) is 0 Å². The smallest absolute Gasteiger partial charge is 0.261 e. The van der Waals surface area contributed by atoms with Crippen molar-refractivity contribution >= 4 is 40.0 Å². The van der Waals surface area contributed by atoms with Gasteiger partial charge in [0.15, 0.2) is 0 Å². The summed E-state index contributed by atoms with van der Waals surface area (Å²) in [7, 11) is 0. The second-order valence-corrected chi connectivity index (χ2v) is 10.2. The van der Waals surface area contributed by atoms with Crippen LogP contribution in [0.5, 0.6) is 0 Å². The van der Waals surface area contributed by atoms with Crippen LogP contribution in [0.15, 0.2) is 30.5 Å². The first kappa shape index (κ1) is 23.5. The van der Waals surface area contributed by atoms with E-state index in [0.29, 0.717) is 49.6 Å². The number of thiophene rings is 1. The van der Waals surface area contributed by atoms with Crippen molar-refractivity contribution in [1.82, 2.24) is 25.7 Å². The number of ether oxygens (including phenoxy) is 1. The molecule has 2 aliphatic rings. The molecule has 2 aromatic heterocycles. The average Bonchev–Trinajstić information content (AvgIpc) is 3.53. The van der Waals surface area contributed by atoms with Gasteiger partial charge in [0.05, 0.1) is 16.6 Å². The van der Waals surface area contributed by atoms with Crippen LogP contribution < -0.4 is 10.6 Å². The fourth-order valence-corrected chi connectivity index (χ4v) is 5.68. The molecule has 1 atom stereocenters. The van der Waals surface area contributed by atoms with E-state index in [-0.39, 0.29) is 23.8 Å². The number of fused-ring (bicyclic) bond motifs is 2. The van der Waals surface area contributed by atoms with Gasteiger partial charge in [0.1, 0.15) is 6.04 Å². The Kier molecular flexibility index (Phi) is 6.83. The van der Waals surface area contributed by atoms with Gasteiger partial charge in [-0.05, 0) is 55.5 Å². The van der Waals surface area contributed by atoms with Crippen LogP contribution in [-0.4, -0.2) is 64.7 Å². The van der Waals surface area contributed by atoms with Crippen molar-refractivity contribution in [2.75, 3.05) is 19.8 Å². The lowest BCUT2D eigenvalue weighted by Gasteiger charge is -2.30. The second kappa shape index (κ2) is 10.2. The fourth-order valence-electron chi connectivity index (χ4n) is 4.62. The lowest BCUT2D eigenvalue weighted by molar-refractivity contribution is -0.134. The molecule has 3 N–H and O–H groups in total. The van der Waals surface area contributed by atoms with E-state index in [2.05, 4.69) is 20.8 Å². The van der Waals surface area contributed by atoms with Crippen molar-refractivity contribution in [3.63, 3.8) is 0 Å². The molecule has 0 bridgehead atoms. The van der Waals surface area contributed by atoms with Crippen molar-refractivity contribution in [2.24, 2.45) is 0 Å². The summed E-state index contributed by atoms with van der Waals surface area (Å²) in [5, 5.41) is 13.7. The Morgan fingerprint density at radius 2 is 2.06 bits per heavy atom. The van der Waals surface area contributed by atoms with Crippen LogP contribution in [0, 0.1) is 0 Å². The van der Waals surface area contributed by atoms with Crippen molar-refractivity contribution in [2.45, 2.75) is 51.2 Å². The standard InChI is InChI=1S/C25H29N5O4S/c1-2-19(28-23(31)15-3-4-20-16(11-15)13-26-29-20)25(33)30-8-5-21-17(14-30)12-22(35-21)24(32)27-18-6-9-34-10-7-18/h3-4,11-13,18-19H,2,5-10,14H2,1H3,(H,26,29)(H,27,32)(H,28,31)/t19-/m1/s1. The van der Waals surface area contributed by atoms with Gasteiger partial charge in [0.25, 0.3) is 11.8 Å². The number of carbonyl (C=O) groups is 3. The number of benzene rings is 1. The molecule has 9 nitrogen and oxygen atoms in total. The first-order valence-corrected chi connectivity index (χ1v) is 12.9. The van der Waals surface area contributed by atoms with Crippen molar-refractivity contribution in [3.8, 4) is 0 Å². The number of hydrogen-bond donors (Lipinski definition) is 3. The molecule has 4 heterocycles. The highest BCUT2D eigenvalue weighted by Crippen LogP contribution is 2.29. The van der Waals surface area contributed by atoms with Gasteiger partial charge in [-0.15, -0.1) is 11.3 Å². The lowest BCUT2D eigenvalue weighted by Crippen LogP contribution is -2.49. The van der Waals surface area contributed by atoms with Crippen LogP contribution >= 0.6 is 11.3 Å². The second-order valence-electron chi connectivity index (χ2n) is 9.04. The van der Waals surface area contributed by atoms with Crippen molar-refractivity contribution in [3.05, 3.63) is 51.3 Å². The molecule has 35 heavy (non-hydrogen) atoms. The normalized spacial score (nSPS) is 17.1. The molecule has 3 aromatic rings. The van der Waals surface area contributed by atoms with E-state index in [1.54, 1.807) is 29.3 Å². The highest BCUT2D eigenvalue weighted by atomic mass is 32.1. The number of aromatic amines is 1. The van der Waals surface area contributed by atoms with Crippen LogP contribution in [0.1, 0.15) is 56.7 Å². The minimum Gasteiger partial charge on any atom is -0.381 e. The molecule has 5 rings (SSSR count). The SMILES string of the molecule is CC[C@@H](NC(=O)c1ccc2[nH]ncc2c1)C(=O)N1CCc2sc(C(=O)NC3CCOCC3)cc2C1. The summed E-state index contributed by atoms with van der Waals surface area (Å²) in [6.07, 6.45) is 4.53. The largest absolute Gasteiger partial charge is 0.381 e. The van der Waals surface area contributed by atoms with Gasteiger partial charge < -0.3 is 20.3 Å². The third-order valence-corrected chi connectivity index (χ3v) is 7.91. The fraction of sp³-hybridized carbons (Fsp3) is 0.440. The molecule has 10 heteroatoms. The highest BCUT2D eigenvalue weighted by Gasteiger charge is 2.30. The number of aromatic nitrogens is 2. The third-order valence-electron chi connectivity index (χ3n) is 6.67. The van der Waals surface area contributed by atoms with Crippen molar-refractivity contribution < 1.29 is 19.1 Å². The van der Waals surface area contributed by atoms with Gasteiger partial charge in [-0.2, -0.15) is 5.10 Å². The Hall–Kier alpha value is -3.24. The Morgan fingerprint density at radius 1 is 1.23 bits per heavy atom. The maximum absolute atomic E-state index is 13.3. The van der Waals surface area contributed by atoms with Crippen molar-refractivity contribution in [1.29, 1.82) is 0 Å². The number of nitrogens with zero attached hydrogens (tertiary/aromatic N) is 2. The van der Waals surface area contributed by atoms with E-state index in [1.165, 1.54) is 11.3 Å². The Bertz CT molecular complexity index is 1250. The molecule has 1 saturated heterocycles. The van der Waals surface area contributed by atoms with Crippen LogP contribution in [-0.2, 0) is 22.5 Å². The van der Waals surface area contributed by atoms with E-state index < -0.39 is 6.04 Å². The Morgan fingerprint density at radius 3 is 2.86 bits per heavy atom. The average molecular weight is 496 g/mol. The zero-order chi connectivity index (χ0) is 24.4. The maximum atomic E-state index is 13.3. The molecular weight excluding hydrogens is 466 g/mol. The minimum atomic E-state index is -0.612. The number of rotatable bonds is 6. The van der Waals surface area contributed by atoms with Crippen LogP contribution in [0.2, 0.25) is 0 Å². The number of H-pyrrole nitrogens is 1. The third kappa shape index (κ3) is 5.08. The first-order valence-electron chi connectivity index (χ1n) is 12.0. The summed E-state index contributed by atoms with van der Waals surface area (Å²) in [6, 6.07) is 6.73. The van der Waals surface area contributed by atoms with E-state index in [9.17, 15) is 14.4 Å². The molecule has 1 aromatic carbocycles. The molecular formula is C25H29N5O4S. The minimum absolute atomic E-state index is 0.0533. The van der Waals surface area contributed by atoms with E-state index >= 15 is 0 Å².